The van der Waals surface area contributed by atoms with E-state index < -0.39 is 11.2 Å². The van der Waals surface area contributed by atoms with Crippen LogP contribution in [0.15, 0.2) is 15.7 Å². The fraction of sp³-hybridized carbons (Fsp3) is 0.300. The lowest BCUT2D eigenvalue weighted by Crippen LogP contribution is -2.30. The number of H-pyrrole nitrogens is 2. The first-order valence-electron chi connectivity index (χ1n) is 4.71. The van der Waals surface area contributed by atoms with Crippen LogP contribution >= 0.6 is 0 Å². The molecule has 1 aromatic heterocycles. The zero-order valence-electron chi connectivity index (χ0n) is 8.22. The van der Waals surface area contributed by atoms with E-state index in [1.807, 2.05) is 6.92 Å². The zero-order chi connectivity index (χ0) is 11.0. The van der Waals surface area contributed by atoms with Crippen LogP contribution in [0.1, 0.15) is 24.6 Å². The number of aromatic amines is 2. The Morgan fingerprint density at radius 3 is 2.67 bits per heavy atom. The van der Waals surface area contributed by atoms with Gasteiger partial charge in [0.1, 0.15) is 0 Å². The van der Waals surface area contributed by atoms with Gasteiger partial charge in [-0.25, -0.2) is 4.79 Å². The maximum atomic E-state index is 11.5. The molecule has 1 heterocycles. The van der Waals surface area contributed by atoms with Gasteiger partial charge in [0.15, 0.2) is 5.78 Å². The van der Waals surface area contributed by atoms with Crippen LogP contribution in [0.3, 0.4) is 0 Å². The zero-order valence-corrected chi connectivity index (χ0v) is 8.22. The highest BCUT2D eigenvalue weighted by Crippen LogP contribution is 2.21. The second kappa shape index (κ2) is 3.34. The predicted molar refractivity (Wildman–Crippen MR) is 54.7 cm³/mol. The van der Waals surface area contributed by atoms with E-state index in [2.05, 4.69) is 9.97 Å². The molecule has 0 saturated heterocycles. The van der Waals surface area contributed by atoms with Gasteiger partial charge in [-0.05, 0) is 18.1 Å². The smallest absolute Gasteiger partial charge is 0.310 e. The van der Waals surface area contributed by atoms with Crippen molar-refractivity contribution in [2.75, 3.05) is 0 Å². The molecule has 0 fully saturated rings. The average Bonchev–Trinajstić information content (AvgIpc) is 2.14. The van der Waals surface area contributed by atoms with Gasteiger partial charge in [0.25, 0.3) is 5.56 Å². The monoisotopic (exact) mass is 206 g/mol. The Hall–Kier alpha value is -1.91. The van der Waals surface area contributed by atoms with Gasteiger partial charge in [0, 0.05) is 5.69 Å². The second-order valence-corrected chi connectivity index (χ2v) is 3.43. The first kappa shape index (κ1) is 9.64. The van der Waals surface area contributed by atoms with E-state index in [1.165, 1.54) is 6.08 Å². The lowest BCUT2D eigenvalue weighted by molar-refractivity contribution is -0.114. The lowest BCUT2D eigenvalue weighted by atomic mass is 9.93. The standard InChI is InChI=1S/C10H10N2O3/c1-2-5-3-6(13)4-7-8(5)9(14)12-10(15)11-7/h3H,2,4H2,1H3,(H2,11,12,14,15). The van der Waals surface area contributed by atoms with Crippen LogP contribution in [-0.4, -0.2) is 15.8 Å². The van der Waals surface area contributed by atoms with Crippen molar-refractivity contribution in [2.45, 2.75) is 19.8 Å². The van der Waals surface area contributed by atoms with Gasteiger partial charge in [-0.3, -0.25) is 14.6 Å². The van der Waals surface area contributed by atoms with Crippen LogP contribution in [0.5, 0.6) is 0 Å². The third kappa shape index (κ3) is 1.56. The fourth-order valence-electron chi connectivity index (χ4n) is 1.78. The van der Waals surface area contributed by atoms with Crippen LogP contribution in [0.2, 0.25) is 0 Å². The summed E-state index contributed by atoms with van der Waals surface area (Å²) >= 11 is 0. The number of ketones is 1. The molecule has 15 heavy (non-hydrogen) atoms. The lowest BCUT2D eigenvalue weighted by Gasteiger charge is -2.13. The van der Waals surface area contributed by atoms with Gasteiger partial charge in [-0.1, -0.05) is 6.92 Å². The molecule has 78 valence electrons. The summed E-state index contributed by atoms with van der Waals surface area (Å²) in [6.45, 7) is 1.86. The number of hydrogen-bond donors (Lipinski definition) is 2. The SMILES string of the molecule is CCC1=CC(=O)Cc2[nH]c(=O)[nH]c(=O)c21. The molecule has 0 atom stereocenters. The highest BCUT2D eigenvalue weighted by molar-refractivity contribution is 6.01. The summed E-state index contributed by atoms with van der Waals surface area (Å²) in [5.74, 6) is -0.0828. The Kier molecular flexibility index (Phi) is 2.15. The van der Waals surface area contributed by atoms with Crippen molar-refractivity contribution in [3.05, 3.63) is 38.2 Å². The molecule has 0 unspecified atom stereocenters. The Bertz CT molecular complexity index is 563. The second-order valence-electron chi connectivity index (χ2n) is 3.43. The number of fused-ring (bicyclic) bond motifs is 1. The molecule has 5 heteroatoms. The normalized spacial score (nSPS) is 14.7. The van der Waals surface area contributed by atoms with Crippen LogP contribution < -0.4 is 11.2 Å². The van der Waals surface area contributed by atoms with E-state index in [0.29, 0.717) is 23.3 Å². The van der Waals surface area contributed by atoms with Gasteiger partial charge in [-0.2, -0.15) is 0 Å². The molecule has 2 rings (SSSR count). The Morgan fingerprint density at radius 1 is 1.27 bits per heavy atom. The Balaban J connectivity index is 2.77. The molecule has 2 N–H and O–H groups in total. The van der Waals surface area contributed by atoms with Crippen molar-refractivity contribution in [2.24, 2.45) is 0 Å². The molecule has 1 aromatic rings. The van der Waals surface area contributed by atoms with Gasteiger partial charge in [-0.15, -0.1) is 0 Å². The number of aromatic nitrogens is 2. The van der Waals surface area contributed by atoms with Crippen molar-refractivity contribution < 1.29 is 4.79 Å². The summed E-state index contributed by atoms with van der Waals surface area (Å²) in [6.07, 6.45) is 2.15. The van der Waals surface area contributed by atoms with Crippen LogP contribution in [0, 0.1) is 0 Å². The van der Waals surface area contributed by atoms with Crippen molar-refractivity contribution in [1.82, 2.24) is 9.97 Å². The highest BCUT2D eigenvalue weighted by Gasteiger charge is 2.20. The number of nitrogens with one attached hydrogen (secondary N) is 2. The minimum Gasteiger partial charge on any atom is -0.310 e. The largest absolute Gasteiger partial charge is 0.325 e. The molecule has 0 radical (unpaired) electrons. The molecule has 0 amide bonds. The van der Waals surface area contributed by atoms with Crippen molar-refractivity contribution in [3.63, 3.8) is 0 Å². The minimum absolute atomic E-state index is 0.0828. The van der Waals surface area contributed by atoms with E-state index in [4.69, 9.17) is 0 Å². The van der Waals surface area contributed by atoms with E-state index in [9.17, 15) is 14.4 Å². The van der Waals surface area contributed by atoms with Gasteiger partial charge in [0.2, 0.25) is 0 Å². The molecule has 0 spiro atoms. The molecule has 1 aliphatic rings. The third-order valence-corrected chi connectivity index (χ3v) is 2.41. The molecule has 0 bridgehead atoms. The molecule has 0 aromatic carbocycles. The molecular formula is C10H10N2O3. The summed E-state index contributed by atoms with van der Waals surface area (Å²) in [5.41, 5.74) is 0.557. The summed E-state index contributed by atoms with van der Waals surface area (Å²) in [7, 11) is 0. The predicted octanol–water partition coefficient (Wildman–Crippen LogP) is -0.0182. The third-order valence-electron chi connectivity index (χ3n) is 2.41. The maximum Gasteiger partial charge on any atom is 0.325 e. The van der Waals surface area contributed by atoms with E-state index in [1.54, 1.807) is 0 Å². The van der Waals surface area contributed by atoms with Crippen molar-refractivity contribution in [3.8, 4) is 0 Å². The number of allylic oxidation sites excluding steroid dienone is 2. The van der Waals surface area contributed by atoms with Gasteiger partial charge >= 0.3 is 5.69 Å². The molecular weight excluding hydrogens is 196 g/mol. The number of rotatable bonds is 1. The van der Waals surface area contributed by atoms with Gasteiger partial charge < -0.3 is 4.98 Å². The van der Waals surface area contributed by atoms with Crippen LogP contribution in [-0.2, 0) is 11.2 Å². The van der Waals surface area contributed by atoms with E-state index in [0.717, 1.165) is 0 Å². The van der Waals surface area contributed by atoms with Gasteiger partial charge in [0.05, 0.1) is 12.0 Å². The fourth-order valence-corrected chi connectivity index (χ4v) is 1.78. The van der Waals surface area contributed by atoms with E-state index >= 15 is 0 Å². The first-order valence-corrected chi connectivity index (χ1v) is 4.71. The minimum atomic E-state index is -0.566. The summed E-state index contributed by atoms with van der Waals surface area (Å²) in [4.78, 5) is 38.5. The summed E-state index contributed by atoms with van der Waals surface area (Å²) < 4.78 is 0. The maximum absolute atomic E-state index is 11.5. The van der Waals surface area contributed by atoms with Crippen LogP contribution in [0.25, 0.3) is 5.57 Å². The molecule has 0 aliphatic heterocycles. The topological polar surface area (TPSA) is 82.8 Å². The number of carbonyl (C=O) groups is 1. The van der Waals surface area contributed by atoms with E-state index in [-0.39, 0.29) is 12.2 Å². The van der Waals surface area contributed by atoms with Crippen LogP contribution in [0.4, 0.5) is 0 Å². The van der Waals surface area contributed by atoms with Crippen molar-refractivity contribution >= 4 is 11.4 Å². The first-order chi connectivity index (χ1) is 7.11. The molecule has 0 saturated carbocycles. The van der Waals surface area contributed by atoms with Crippen molar-refractivity contribution in [1.29, 1.82) is 0 Å². The number of carbonyl (C=O) groups excluding carboxylic acids is 1. The summed E-state index contributed by atoms with van der Waals surface area (Å²) in [6, 6.07) is 0. The molecule has 1 aliphatic carbocycles. The molecule has 5 nitrogen and oxygen atoms in total. The highest BCUT2D eigenvalue weighted by atomic mass is 16.2. The quantitative estimate of drug-likeness (QED) is 0.677. The Morgan fingerprint density at radius 2 is 2.00 bits per heavy atom. The number of hydrogen-bond acceptors (Lipinski definition) is 3. The average molecular weight is 206 g/mol. The summed E-state index contributed by atoms with van der Waals surface area (Å²) in [5, 5.41) is 0. The Labute approximate surface area is 84.8 Å².